The number of hydrogen-bond donors (Lipinski definition) is 0. The maximum atomic E-state index is 13.8. The number of fused-ring (bicyclic) bond motifs is 2. The summed E-state index contributed by atoms with van der Waals surface area (Å²) in [5.74, 6) is 0.0468. The topological polar surface area (TPSA) is 70.6 Å². The van der Waals surface area contributed by atoms with Gasteiger partial charge in [0.05, 0.1) is 12.0 Å². The molecule has 2 aliphatic heterocycles. The number of sulfonamides is 1. The number of thiophene rings is 1. The van der Waals surface area contributed by atoms with Crippen molar-refractivity contribution in [3.8, 4) is 0 Å². The fraction of sp³-hybridized carbons (Fsp3) is 0.273. The van der Waals surface area contributed by atoms with Crippen LogP contribution in [0.25, 0.3) is 0 Å². The minimum atomic E-state index is -3.52. The minimum absolute atomic E-state index is 0.0468. The lowest BCUT2D eigenvalue weighted by Crippen LogP contribution is -2.49. The van der Waals surface area contributed by atoms with Gasteiger partial charge in [-0.15, -0.1) is 11.3 Å². The van der Waals surface area contributed by atoms with Crippen LogP contribution in [0, 0.1) is 0 Å². The van der Waals surface area contributed by atoms with Gasteiger partial charge in [0.1, 0.15) is 4.21 Å². The number of amides is 1. The fourth-order valence-corrected chi connectivity index (χ4v) is 7.51. The SMILES string of the molecule is O=C1N(Cc2ccncc2)c2ccc(Br)cc2C12CCN(S(=O)(=O)c1cccs1)CC2. The van der Waals surface area contributed by atoms with Gasteiger partial charge in [-0.1, -0.05) is 22.0 Å². The summed E-state index contributed by atoms with van der Waals surface area (Å²) in [5.41, 5.74) is 2.19. The smallest absolute Gasteiger partial charge is 0.252 e. The van der Waals surface area contributed by atoms with Gasteiger partial charge in [-0.2, -0.15) is 4.31 Å². The normalized spacial score (nSPS) is 18.5. The van der Waals surface area contributed by atoms with Crippen molar-refractivity contribution in [2.75, 3.05) is 18.0 Å². The number of carbonyl (C=O) groups is 1. The largest absolute Gasteiger partial charge is 0.307 e. The highest BCUT2D eigenvalue weighted by Gasteiger charge is 2.53. The summed E-state index contributed by atoms with van der Waals surface area (Å²) < 4.78 is 28.7. The van der Waals surface area contributed by atoms with E-state index in [0.717, 1.165) is 21.3 Å². The first-order chi connectivity index (χ1) is 14.9. The maximum Gasteiger partial charge on any atom is 0.252 e. The Labute approximate surface area is 193 Å². The third-order valence-corrected chi connectivity index (χ3v) is 9.94. The number of halogens is 1. The van der Waals surface area contributed by atoms with Crippen LogP contribution in [-0.2, 0) is 26.8 Å². The van der Waals surface area contributed by atoms with Crippen molar-refractivity contribution in [1.82, 2.24) is 9.29 Å². The van der Waals surface area contributed by atoms with E-state index in [9.17, 15) is 13.2 Å². The molecular formula is C22H20BrN3O3S2. The Balaban J connectivity index is 1.47. The van der Waals surface area contributed by atoms with E-state index in [1.807, 2.05) is 35.2 Å². The molecule has 31 heavy (non-hydrogen) atoms. The lowest BCUT2D eigenvalue weighted by Gasteiger charge is -2.37. The molecule has 160 valence electrons. The third-order valence-electron chi connectivity index (χ3n) is 6.17. The summed E-state index contributed by atoms with van der Waals surface area (Å²) in [6.45, 7) is 1.11. The zero-order valence-corrected chi connectivity index (χ0v) is 19.8. The Morgan fingerprint density at radius 3 is 2.52 bits per heavy atom. The van der Waals surface area contributed by atoms with E-state index in [-0.39, 0.29) is 5.91 Å². The van der Waals surface area contributed by atoms with Crippen molar-refractivity contribution in [3.63, 3.8) is 0 Å². The molecule has 0 N–H and O–H groups in total. The molecule has 5 rings (SSSR count). The van der Waals surface area contributed by atoms with Gasteiger partial charge in [-0.25, -0.2) is 8.42 Å². The first kappa shape index (κ1) is 20.8. The second-order valence-corrected chi connectivity index (χ2v) is 11.9. The molecule has 0 aliphatic carbocycles. The number of pyridine rings is 1. The Morgan fingerprint density at radius 2 is 1.84 bits per heavy atom. The van der Waals surface area contributed by atoms with Gasteiger partial charge >= 0.3 is 0 Å². The number of nitrogens with zero attached hydrogens (tertiary/aromatic N) is 3. The van der Waals surface area contributed by atoms with Gasteiger partial charge in [0.15, 0.2) is 0 Å². The standard InChI is InChI=1S/C22H20BrN3O3S2/c23-17-3-4-19-18(14-17)22(21(27)26(19)15-16-5-9-24-10-6-16)7-11-25(12-8-22)31(28,29)20-2-1-13-30-20/h1-6,9-10,13-14H,7-8,11-12,15H2. The van der Waals surface area contributed by atoms with Crippen LogP contribution in [0.5, 0.6) is 0 Å². The molecule has 2 aromatic heterocycles. The van der Waals surface area contributed by atoms with Gasteiger partial charge in [0, 0.05) is 35.6 Å². The summed E-state index contributed by atoms with van der Waals surface area (Å²) >= 11 is 4.77. The Kier molecular flexibility index (Phi) is 5.24. The quantitative estimate of drug-likeness (QED) is 0.520. The molecular weight excluding hydrogens is 498 g/mol. The minimum Gasteiger partial charge on any atom is -0.307 e. The Bertz CT molecular complexity index is 1220. The van der Waals surface area contributed by atoms with Gasteiger partial charge in [0.2, 0.25) is 5.91 Å². The molecule has 1 saturated heterocycles. The first-order valence-corrected chi connectivity index (χ1v) is 13.1. The monoisotopic (exact) mass is 517 g/mol. The van der Waals surface area contributed by atoms with Gasteiger partial charge in [-0.05, 0) is 65.7 Å². The molecule has 0 unspecified atom stereocenters. The predicted octanol–water partition coefficient (Wildman–Crippen LogP) is 4.17. The van der Waals surface area contributed by atoms with Crippen LogP contribution in [0.15, 0.2) is 68.9 Å². The first-order valence-electron chi connectivity index (χ1n) is 9.96. The zero-order valence-electron chi connectivity index (χ0n) is 16.6. The van der Waals surface area contributed by atoms with Crippen LogP contribution >= 0.6 is 27.3 Å². The van der Waals surface area contributed by atoms with E-state index in [4.69, 9.17) is 0 Å². The van der Waals surface area contributed by atoms with E-state index in [1.165, 1.54) is 15.6 Å². The van der Waals surface area contributed by atoms with Crippen LogP contribution < -0.4 is 4.90 Å². The van der Waals surface area contributed by atoms with E-state index >= 15 is 0 Å². The zero-order chi connectivity index (χ0) is 21.6. The lowest BCUT2D eigenvalue weighted by atomic mass is 9.74. The molecule has 0 atom stereocenters. The van der Waals surface area contributed by atoms with Crippen molar-refractivity contribution in [2.24, 2.45) is 0 Å². The van der Waals surface area contributed by atoms with Crippen LogP contribution in [0.1, 0.15) is 24.0 Å². The average molecular weight is 518 g/mol. The molecule has 3 aromatic rings. The number of carbonyl (C=O) groups excluding carboxylic acids is 1. The van der Waals surface area contributed by atoms with E-state index in [1.54, 1.807) is 29.9 Å². The molecule has 1 aromatic carbocycles. The molecule has 0 saturated carbocycles. The maximum absolute atomic E-state index is 13.8. The van der Waals surface area contributed by atoms with Gasteiger partial charge in [-0.3, -0.25) is 9.78 Å². The molecule has 0 bridgehead atoms. The second-order valence-electron chi connectivity index (χ2n) is 7.83. The van der Waals surface area contributed by atoms with E-state index in [2.05, 4.69) is 20.9 Å². The van der Waals surface area contributed by atoms with Crippen LogP contribution in [0.4, 0.5) is 5.69 Å². The average Bonchev–Trinajstić information content (AvgIpc) is 3.39. The number of piperidine rings is 1. The van der Waals surface area contributed by atoms with E-state index < -0.39 is 15.4 Å². The molecule has 0 radical (unpaired) electrons. The van der Waals surface area contributed by atoms with Crippen molar-refractivity contribution in [2.45, 2.75) is 29.0 Å². The van der Waals surface area contributed by atoms with Crippen molar-refractivity contribution in [1.29, 1.82) is 0 Å². The number of anilines is 1. The predicted molar refractivity (Wildman–Crippen MR) is 124 cm³/mol. The van der Waals surface area contributed by atoms with Gasteiger partial charge in [0.25, 0.3) is 10.0 Å². The molecule has 9 heteroatoms. The summed E-state index contributed by atoms with van der Waals surface area (Å²) in [5, 5.41) is 1.77. The molecule has 6 nitrogen and oxygen atoms in total. The third kappa shape index (κ3) is 3.44. The number of hydrogen-bond acceptors (Lipinski definition) is 5. The number of benzene rings is 1. The number of rotatable bonds is 4. The van der Waals surface area contributed by atoms with Crippen LogP contribution in [0.3, 0.4) is 0 Å². The van der Waals surface area contributed by atoms with Crippen molar-refractivity contribution >= 4 is 48.9 Å². The second kappa shape index (κ2) is 7.81. The summed E-state index contributed by atoms with van der Waals surface area (Å²) in [7, 11) is -3.52. The Morgan fingerprint density at radius 1 is 1.10 bits per heavy atom. The molecule has 2 aliphatic rings. The summed E-state index contributed by atoms with van der Waals surface area (Å²) in [4.78, 5) is 19.7. The summed E-state index contributed by atoms with van der Waals surface area (Å²) in [6, 6.07) is 13.1. The number of aromatic nitrogens is 1. The Hall–Kier alpha value is -2.07. The van der Waals surface area contributed by atoms with Crippen molar-refractivity contribution in [3.05, 3.63) is 75.8 Å². The highest BCUT2D eigenvalue weighted by atomic mass is 79.9. The van der Waals surface area contributed by atoms with E-state index in [0.29, 0.717) is 36.7 Å². The van der Waals surface area contributed by atoms with Crippen molar-refractivity contribution < 1.29 is 13.2 Å². The molecule has 1 amide bonds. The fourth-order valence-electron chi connectivity index (χ4n) is 4.57. The summed E-state index contributed by atoms with van der Waals surface area (Å²) in [6.07, 6.45) is 4.38. The highest BCUT2D eigenvalue weighted by molar-refractivity contribution is 9.10. The van der Waals surface area contributed by atoms with Crippen LogP contribution in [0.2, 0.25) is 0 Å². The molecule has 1 spiro atoms. The highest BCUT2D eigenvalue weighted by Crippen LogP contribution is 2.49. The van der Waals surface area contributed by atoms with Gasteiger partial charge < -0.3 is 4.90 Å². The lowest BCUT2D eigenvalue weighted by molar-refractivity contribution is -0.124. The molecule has 4 heterocycles. The molecule has 1 fully saturated rings. The van der Waals surface area contributed by atoms with Crippen LogP contribution in [-0.4, -0.2) is 36.7 Å².